The number of hydrogen-bond acceptors (Lipinski definition) is 4. The van der Waals surface area contributed by atoms with Gasteiger partial charge in [0.2, 0.25) is 0 Å². The summed E-state index contributed by atoms with van der Waals surface area (Å²) in [5, 5.41) is 2.05. The number of rotatable bonds is 9. The molecule has 0 bridgehead atoms. The molecule has 0 aliphatic heterocycles. The second kappa shape index (κ2) is 8.91. The van der Waals surface area contributed by atoms with Gasteiger partial charge in [-0.25, -0.2) is 4.98 Å². The van der Waals surface area contributed by atoms with Gasteiger partial charge in [0, 0.05) is 23.1 Å². The van der Waals surface area contributed by atoms with Crippen LogP contribution in [0.2, 0.25) is 0 Å². The van der Waals surface area contributed by atoms with Gasteiger partial charge >= 0.3 is 0 Å². The van der Waals surface area contributed by atoms with Crippen molar-refractivity contribution in [2.24, 2.45) is 0 Å². The van der Waals surface area contributed by atoms with Gasteiger partial charge in [-0.05, 0) is 18.9 Å². The summed E-state index contributed by atoms with van der Waals surface area (Å²) in [6.45, 7) is 5.17. The first-order valence-electron chi connectivity index (χ1n) is 7.98. The van der Waals surface area contributed by atoms with Crippen LogP contribution in [0.4, 0.5) is 0 Å². The lowest BCUT2D eigenvalue weighted by Gasteiger charge is -2.21. The highest BCUT2D eigenvalue weighted by atomic mass is 32.1. The molecule has 0 saturated carbocycles. The van der Waals surface area contributed by atoms with E-state index in [4.69, 9.17) is 9.47 Å². The van der Waals surface area contributed by atoms with E-state index < -0.39 is 0 Å². The fraction of sp³-hybridized carbons (Fsp3) is 0.500. The Morgan fingerprint density at radius 2 is 2.09 bits per heavy atom. The van der Waals surface area contributed by atoms with Crippen LogP contribution < -0.4 is 4.74 Å². The first kappa shape index (κ1) is 17.0. The summed E-state index contributed by atoms with van der Waals surface area (Å²) in [5.41, 5.74) is 4.99. The highest BCUT2D eigenvalue weighted by molar-refractivity contribution is 7.07. The van der Waals surface area contributed by atoms with Crippen molar-refractivity contribution in [1.82, 2.24) is 4.98 Å². The number of para-hydroxylation sites is 1. The van der Waals surface area contributed by atoms with E-state index in [1.165, 1.54) is 0 Å². The molecule has 0 aliphatic carbocycles. The van der Waals surface area contributed by atoms with Crippen molar-refractivity contribution >= 4 is 11.3 Å². The lowest BCUT2D eigenvalue weighted by atomic mass is 9.99. The van der Waals surface area contributed by atoms with Gasteiger partial charge in [0.05, 0.1) is 24.4 Å². The van der Waals surface area contributed by atoms with E-state index in [0.717, 1.165) is 54.9 Å². The van der Waals surface area contributed by atoms with Crippen LogP contribution in [0.3, 0.4) is 0 Å². The molecule has 120 valence electrons. The Kier molecular flexibility index (Phi) is 6.87. The number of aromatic nitrogens is 1. The minimum atomic E-state index is 0.0880. The fourth-order valence-corrected chi connectivity index (χ4v) is 3.10. The summed E-state index contributed by atoms with van der Waals surface area (Å²) in [5.74, 6) is 0.892. The monoisotopic (exact) mass is 319 g/mol. The van der Waals surface area contributed by atoms with Crippen LogP contribution in [0, 0.1) is 0 Å². The average molecular weight is 319 g/mol. The Balaban J connectivity index is 2.33. The highest BCUT2D eigenvalue weighted by Crippen LogP contribution is 2.38. The fourth-order valence-electron chi connectivity index (χ4n) is 2.54. The predicted octanol–water partition coefficient (Wildman–Crippen LogP) is 5.48. The molecule has 0 aliphatic rings. The van der Waals surface area contributed by atoms with E-state index in [1.807, 2.05) is 5.51 Å². The summed E-state index contributed by atoms with van der Waals surface area (Å²) in [7, 11) is 1.73. The minimum Gasteiger partial charge on any atom is -0.496 e. The molecule has 1 aromatic heterocycles. The zero-order chi connectivity index (χ0) is 15.8. The van der Waals surface area contributed by atoms with Crippen LogP contribution in [0.25, 0.3) is 11.3 Å². The van der Waals surface area contributed by atoms with Gasteiger partial charge in [-0.2, -0.15) is 0 Å². The normalized spacial score (nSPS) is 12.3. The lowest BCUT2D eigenvalue weighted by molar-refractivity contribution is 0.0427. The first-order valence-corrected chi connectivity index (χ1v) is 8.93. The third-order valence-electron chi connectivity index (χ3n) is 3.67. The highest BCUT2D eigenvalue weighted by Gasteiger charge is 2.19. The third kappa shape index (κ3) is 4.08. The molecule has 1 unspecified atom stereocenters. The molecule has 1 heterocycles. The summed E-state index contributed by atoms with van der Waals surface area (Å²) < 4.78 is 11.8. The molecule has 1 atom stereocenters. The van der Waals surface area contributed by atoms with Crippen molar-refractivity contribution in [3.05, 3.63) is 34.7 Å². The summed E-state index contributed by atoms with van der Waals surface area (Å²) in [4.78, 5) is 4.41. The molecule has 0 radical (unpaired) electrons. The largest absolute Gasteiger partial charge is 0.496 e. The van der Waals surface area contributed by atoms with Crippen molar-refractivity contribution in [2.45, 2.75) is 45.6 Å². The summed E-state index contributed by atoms with van der Waals surface area (Å²) in [6.07, 6.45) is 4.41. The quantitative estimate of drug-likeness (QED) is 0.574. The van der Waals surface area contributed by atoms with E-state index in [1.54, 1.807) is 18.4 Å². The second-order valence-corrected chi connectivity index (χ2v) is 6.02. The van der Waals surface area contributed by atoms with Crippen molar-refractivity contribution in [3.8, 4) is 17.0 Å². The van der Waals surface area contributed by atoms with Gasteiger partial charge in [0.1, 0.15) is 5.75 Å². The van der Waals surface area contributed by atoms with E-state index in [0.29, 0.717) is 0 Å². The molecule has 3 nitrogen and oxygen atoms in total. The van der Waals surface area contributed by atoms with E-state index in [9.17, 15) is 0 Å². The maximum absolute atomic E-state index is 6.13. The molecule has 0 fully saturated rings. The summed E-state index contributed by atoms with van der Waals surface area (Å²) >= 11 is 1.60. The van der Waals surface area contributed by atoms with Crippen molar-refractivity contribution in [1.29, 1.82) is 0 Å². The zero-order valence-electron chi connectivity index (χ0n) is 13.7. The van der Waals surface area contributed by atoms with Crippen LogP contribution in [0.1, 0.15) is 51.2 Å². The van der Waals surface area contributed by atoms with Crippen LogP contribution in [0.5, 0.6) is 5.75 Å². The Hall–Kier alpha value is -1.39. The molecule has 4 heteroatoms. The standard InChI is InChI=1S/C18H25NO2S/c1-4-6-11-21-17(8-5-2)15-10-7-9-14(18(15)20-3)16-12-22-13-19-16/h7,9-10,12-13,17H,4-6,8,11H2,1-3H3. The van der Waals surface area contributed by atoms with Crippen molar-refractivity contribution in [2.75, 3.05) is 13.7 Å². The third-order valence-corrected chi connectivity index (χ3v) is 4.26. The lowest BCUT2D eigenvalue weighted by Crippen LogP contribution is -2.08. The Bertz CT molecular complexity index is 554. The maximum atomic E-state index is 6.13. The second-order valence-electron chi connectivity index (χ2n) is 5.30. The number of benzene rings is 1. The van der Waals surface area contributed by atoms with E-state index >= 15 is 0 Å². The minimum absolute atomic E-state index is 0.0880. The van der Waals surface area contributed by atoms with E-state index in [2.05, 4.69) is 42.4 Å². The van der Waals surface area contributed by atoms with Crippen LogP contribution in [-0.4, -0.2) is 18.7 Å². The number of unbranched alkanes of at least 4 members (excludes halogenated alkanes) is 1. The van der Waals surface area contributed by atoms with Crippen molar-refractivity contribution < 1.29 is 9.47 Å². The number of methoxy groups -OCH3 is 1. The molecule has 0 N–H and O–H groups in total. The molecule has 0 spiro atoms. The van der Waals surface area contributed by atoms with Gasteiger partial charge in [-0.15, -0.1) is 11.3 Å². The van der Waals surface area contributed by atoms with E-state index in [-0.39, 0.29) is 6.10 Å². The Morgan fingerprint density at radius 1 is 1.23 bits per heavy atom. The topological polar surface area (TPSA) is 31.4 Å². The number of hydrogen-bond donors (Lipinski definition) is 0. The van der Waals surface area contributed by atoms with Crippen LogP contribution >= 0.6 is 11.3 Å². The predicted molar refractivity (Wildman–Crippen MR) is 92.6 cm³/mol. The average Bonchev–Trinajstić information content (AvgIpc) is 3.07. The Labute approximate surface area is 137 Å². The molecule has 22 heavy (non-hydrogen) atoms. The van der Waals surface area contributed by atoms with Gasteiger partial charge < -0.3 is 9.47 Å². The van der Waals surface area contributed by atoms with Crippen LogP contribution in [-0.2, 0) is 4.74 Å². The van der Waals surface area contributed by atoms with Gasteiger partial charge in [0.15, 0.2) is 0 Å². The maximum Gasteiger partial charge on any atom is 0.134 e. The molecular formula is C18H25NO2S. The van der Waals surface area contributed by atoms with Gasteiger partial charge in [0.25, 0.3) is 0 Å². The van der Waals surface area contributed by atoms with Gasteiger partial charge in [-0.3, -0.25) is 0 Å². The zero-order valence-corrected chi connectivity index (χ0v) is 14.5. The molecule has 1 aromatic carbocycles. The number of thiazole rings is 1. The van der Waals surface area contributed by atoms with Crippen LogP contribution in [0.15, 0.2) is 29.1 Å². The molecule has 2 aromatic rings. The number of ether oxygens (including phenoxy) is 2. The van der Waals surface area contributed by atoms with Crippen molar-refractivity contribution in [3.63, 3.8) is 0 Å². The molecule has 0 saturated heterocycles. The summed E-state index contributed by atoms with van der Waals surface area (Å²) in [6, 6.07) is 6.24. The first-order chi connectivity index (χ1) is 10.8. The number of nitrogens with zero attached hydrogens (tertiary/aromatic N) is 1. The smallest absolute Gasteiger partial charge is 0.134 e. The molecular weight excluding hydrogens is 294 g/mol. The Morgan fingerprint density at radius 3 is 2.73 bits per heavy atom. The van der Waals surface area contributed by atoms with Gasteiger partial charge in [-0.1, -0.05) is 38.8 Å². The molecule has 2 rings (SSSR count). The molecule has 0 amide bonds. The SMILES string of the molecule is CCCCOC(CCC)c1cccc(-c2cscn2)c1OC.